The molecular formula is C24H23F4N5O2. The molecule has 7 nitrogen and oxygen atoms in total. The van der Waals surface area contributed by atoms with E-state index in [0.29, 0.717) is 29.8 Å². The fourth-order valence-electron chi connectivity index (χ4n) is 4.41. The topological polar surface area (TPSA) is 55.0 Å². The average molecular weight is 489 g/mol. The summed E-state index contributed by atoms with van der Waals surface area (Å²) in [6.45, 7) is 12.4. The molecule has 11 heteroatoms. The average Bonchev–Trinajstić information content (AvgIpc) is 2.79. The van der Waals surface area contributed by atoms with E-state index in [-0.39, 0.29) is 35.6 Å². The zero-order chi connectivity index (χ0) is 25.5. The molecule has 2 atom stereocenters. The monoisotopic (exact) mass is 489 g/mol. The van der Waals surface area contributed by atoms with E-state index >= 15 is 0 Å². The van der Waals surface area contributed by atoms with Gasteiger partial charge in [-0.05, 0) is 32.0 Å². The van der Waals surface area contributed by atoms with Crippen molar-refractivity contribution in [2.45, 2.75) is 38.8 Å². The lowest BCUT2D eigenvalue weighted by Gasteiger charge is -2.45. The molecule has 0 saturated carbocycles. The van der Waals surface area contributed by atoms with Crippen molar-refractivity contribution in [3.05, 3.63) is 69.5 Å². The van der Waals surface area contributed by atoms with E-state index in [1.807, 2.05) is 18.7 Å². The van der Waals surface area contributed by atoms with Gasteiger partial charge in [0.15, 0.2) is 0 Å². The SMILES string of the molecule is [C-]#[N+]c1ccc2c(n1)c(N1C[C@@H](C)N(Cc3ccc(OC(F)(F)F)cc3F)C[C@@H]1C)cc(=O)n2C. The van der Waals surface area contributed by atoms with E-state index in [1.165, 1.54) is 16.7 Å². The highest BCUT2D eigenvalue weighted by atomic mass is 19.4. The first-order chi connectivity index (χ1) is 16.5. The van der Waals surface area contributed by atoms with E-state index in [9.17, 15) is 22.4 Å². The van der Waals surface area contributed by atoms with Gasteiger partial charge in [0, 0.05) is 56.5 Å². The van der Waals surface area contributed by atoms with Crippen LogP contribution in [0.15, 0.2) is 41.2 Å². The minimum absolute atomic E-state index is 0.0696. The van der Waals surface area contributed by atoms with E-state index in [2.05, 4.69) is 19.5 Å². The lowest BCUT2D eigenvalue weighted by molar-refractivity contribution is -0.274. The van der Waals surface area contributed by atoms with Crippen LogP contribution in [0.3, 0.4) is 0 Å². The molecule has 1 aromatic carbocycles. The number of aromatic nitrogens is 2. The maximum Gasteiger partial charge on any atom is 0.573 e. The number of aryl methyl sites for hydroxylation is 1. The molecule has 1 aliphatic heterocycles. The second-order valence-corrected chi connectivity index (χ2v) is 8.66. The fourth-order valence-corrected chi connectivity index (χ4v) is 4.41. The number of nitrogens with zero attached hydrogens (tertiary/aromatic N) is 5. The summed E-state index contributed by atoms with van der Waals surface area (Å²) in [5.41, 5.74) is 1.86. The molecule has 1 aliphatic rings. The summed E-state index contributed by atoms with van der Waals surface area (Å²) >= 11 is 0. The standard InChI is InChI=1S/C24H23F4N5O2/c1-14-12-33(20-10-22(34)31(4)19-7-8-21(29-3)30-23(19)20)15(2)11-32(14)13-16-5-6-17(9-18(16)25)35-24(26,27)28/h5-10,14-15H,11-13H2,1-2,4H3/t14-,15+/m1/s1. The molecule has 184 valence electrons. The normalized spacial score (nSPS) is 19.1. The number of hydrogen-bond acceptors (Lipinski definition) is 5. The van der Waals surface area contributed by atoms with Crippen LogP contribution in [-0.2, 0) is 13.6 Å². The number of anilines is 1. The van der Waals surface area contributed by atoms with Crippen molar-refractivity contribution in [1.29, 1.82) is 0 Å². The van der Waals surface area contributed by atoms with E-state index in [1.54, 1.807) is 19.2 Å². The minimum Gasteiger partial charge on any atom is -0.406 e. The predicted molar refractivity (Wildman–Crippen MR) is 123 cm³/mol. The van der Waals surface area contributed by atoms with E-state index < -0.39 is 17.9 Å². The van der Waals surface area contributed by atoms with Gasteiger partial charge in [0.1, 0.15) is 11.6 Å². The second-order valence-electron chi connectivity index (χ2n) is 8.66. The first kappa shape index (κ1) is 24.5. The van der Waals surface area contributed by atoms with Gasteiger partial charge < -0.3 is 19.0 Å². The van der Waals surface area contributed by atoms with Crippen LogP contribution in [0.4, 0.5) is 29.1 Å². The third-order valence-corrected chi connectivity index (χ3v) is 6.22. The highest BCUT2D eigenvalue weighted by molar-refractivity contribution is 5.89. The summed E-state index contributed by atoms with van der Waals surface area (Å²) in [5, 5.41) is 0. The molecule has 0 N–H and O–H groups in total. The van der Waals surface area contributed by atoms with Gasteiger partial charge in [0.05, 0.1) is 11.2 Å². The van der Waals surface area contributed by atoms with Crippen LogP contribution < -0.4 is 15.2 Å². The van der Waals surface area contributed by atoms with Crippen LogP contribution in [0, 0.1) is 12.4 Å². The Hall–Kier alpha value is -3.65. The molecule has 0 amide bonds. The number of alkyl halides is 3. The van der Waals surface area contributed by atoms with Crippen molar-refractivity contribution in [3.8, 4) is 5.75 Å². The number of fused-ring (bicyclic) bond motifs is 1. The van der Waals surface area contributed by atoms with Crippen molar-refractivity contribution < 1.29 is 22.3 Å². The lowest BCUT2D eigenvalue weighted by atomic mass is 10.0. The van der Waals surface area contributed by atoms with Gasteiger partial charge in [-0.1, -0.05) is 12.6 Å². The fraction of sp³-hybridized carbons (Fsp3) is 0.375. The van der Waals surface area contributed by atoms with Gasteiger partial charge in [0.25, 0.3) is 11.4 Å². The first-order valence-electron chi connectivity index (χ1n) is 10.9. The number of halogens is 4. The Morgan fingerprint density at radius 3 is 2.54 bits per heavy atom. The number of ether oxygens (including phenoxy) is 1. The molecule has 0 bridgehead atoms. The Morgan fingerprint density at radius 1 is 1.14 bits per heavy atom. The van der Waals surface area contributed by atoms with Crippen LogP contribution in [0.2, 0.25) is 0 Å². The molecule has 0 radical (unpaired) electrons. The quantitative estimate of drug-likeness (QED) is 0.396. The van der Waals surface area contributed by atoms with E-state index in [0.717, 1.165) is 12.1 Å². The Labute approximate surface area is 199 Å². The summed E-state index contributed by atoms with van der Waals surface area (Å²) in [6, 6.07) is 7.77. The summed E-state index contributed by atoms with van der Waals surface area (Å²) in [7, 11) is 1.65. The summed E-state index contributed by atoms with van der Waals surface area (Å²) in [6.07, 6.45) is -4.89. The van der Waals surface area contributed by atoms with Crippen LogP contribution in [0.25, 0.3) is 15.9 Å². The maximum absolute atomic E-state index is 14.5. The molecule has 0 spiro atoms. The molecule has 3 heterocycles. The van der Waals surface area contributed by atoms with Crippen LogP contribution >= 0.6 is 0 Å². The molecule has 0 aliphatic carbocycles. The zero-order valence-corrected chi connectivity index (χ0v) is 19.3. The third-order valence-electron chi connectivity index (χ3n) is 6.22. The van der Waals surface area contributed by atoms with Gasteiger partial charge >= 0.3 is 6.36 Å². The Bertz CT molecular complexity index is 1360. The van der Waals surface area contributed by atoms with Crippen molar-refractivity contribution >= 4 is 22.5 Å². The van der Waals surface area contributed by atoms with Gasteiger partial charge in [-0.15, -0.1) is 18.2 Å². The number of piperazine rings is 1. The molecule has 4 rings (SSSR count). The number of pyridine rings is 2. The molecule has 3 aromatic rings. The predicted octanol–water partition coefficient (Wildman–Crippen LogP) is 4.62. The Balaban J connectivity index is 1.58. The highest BCUT2D eigenvalue weighted by Crippen LogP contribution is 2.31. The van der Waals surface area contributed by atoms with Gasteiger partial charge in [-0.2, -0.15) is 0 Å². The lowest BCUT2D eigenvalue weighted by Crippen LogP contribution is -2.56. The Morgan fingerprint density at radius 2 is 1.89 bits per heavy atom. The Kier molecular flexibility index (Phi) is 6.42. The number of hydrogen-bond donors (Lipinski definition) is 0. The summed E-state index contributed by atoms with van der Waals surface area (Å²) < 4.78 is 57.0. The van der Waals surface area contributed by atoms with Crippen molar-refractivity contribution in [2.75, 3.05) is 18.0 Å². The van der Waals surface area contributed by atoms with E-state index in [4.69, 9.17) is 6.57 Å². The minimum atomic E-state index is -4.89. The molecule has 0 unspecified atom stereocenters. The molecule has 35 heavy (non-hydrogen) atoms. The van der Waals surface area contributed by atoms with Crippen LogP contribution in [-0.4, -0.2) is 46.0 Å². The van der Waals surface area contributed by atoms with Crippen molar-refractivity contribution in [2.24, 2.45) is 7.05 Å². The molecular weight excluding hydrogens is 466 g/mol. The number of rotatable bonds is 4. The van der Waals surface area contributed by atoms with Crippen molar-refractivity contribution in [1.82, 2.24) is 14.5 Å². The van der Waals surface area contributed by atoms with Crippen molar-refractivity contribution in [3.63, 3.8) is 0 Å². The zero-order valence-electron chi connectivity index (χ0n) is 19.3. The molecule has 1 fully saturated rings. The smallest absolute Gasteiger partial charge is 0.406 e. The number of benzene rings is 1. The van der Waals surface area contributed by atoms with Gasteiger partial charge in [-0.3, -0.25) is 9.69 Å². The van der Waals surface area contributed by atoms with Crippen LogP contribution in [0.5, 0.6) is 5.75 Å². The van der Waals surface area contributed by atoms with Gasteiger partial charge in [0.2, 0.25) is 5.52 Å². The summed E-state index contributed by atoms with van der Waals surface area (Å²) in [5.74, 6) is -1.15. The van der Waals surface area contributed by atoms with Crippen LogP contribution in [0.1, 0.15) is 19.4 Å². The molecule has 2 aromatic heterocycles. The molecule has 1 saturated heterocycles. The third kappa shape index (κ3) is 5.07. The highest BCUT2D eigenvalue weighted by Gasteiger charge is 2.33. The summed E-state index contributed by atoms with van der Waals surface area (Å²) in [4.78, 5) is 24.6. The maximum atomic E-state index is 14.5. The van der Waals surface area contributed by atoms with Gasteiger partial charge in [-0.25, -0.2) is 4.39 Å². The first-order valence-corrected chi connectivity index (χ1v) is 10.9. The second kappa shape index (κ2) is 9.19. The largest absolute Gasteiger partial charge is 0.573 e.